The Balaban J connectivity index is 2.25. The predicted molar refractivity (Wildman–Crippen MR) is 81.3 cm³/mol. The van der Waals surface area contributed by atoms with Crippen LogP contribution in [0.2, 0.25) is 0 Å². The van der Waals surface area contributed by atoms with Gasteiger partial charge in [-0.05, 0) is 36.1 Å². The Morgan fingerprint density at radius 1 is 1.13 bits per heavy atom. The van der Waals surface area contributed by atoms with Gasteiger partial charge in [0.25, 0.3) is 0 Å². The molecule has 1 fully saturated rings. The van der Waals surface area contributed by atoms with Crippen molar-refractivity contribution in [3.05, 3.63) is 23.3 Å². The zero-order valence-corrected chi connectivity index (χ0v) is 13.4. The fourth-order valence-corrected chi connectivity index (χ4v) is 2.69. The molecule has 0 aromatic heterocycles. The first-order chi connectivity index (χ1) is 10.8. The highest BCUT2D eigenvalue weighted by Crippen LogP contribution is 2.35. The monoisotopic (exact) mass is 328 g/mol. The molecule has 7 nitrogen and oxygen atoms in total. The molecule has 0 saturated carbocycles. The summed E-state index contributed by atoms with van der Waals surface area (Å²) in [6.07, 6.45) is -6.87. The summed E-state index contributed by atoms with van der Waals surface area (Å²) < 4.78 is 10.8. The van der Waals surface area contributed by atoms with Gasteiger partial charge < -0.3 is 35.0 Å². The van der Waals surface area contributed by atoms with E-state index in [2.05, 4.69) is 0 Å². The molecule has 0 amide bonds. The summed E-state index contributed by atoms with van der Waals surface area (Å²) in [6, 6.07) is 3.20. The average molecular weight is 328 g/mol. The summed E-state index contributed by atoms with van der Waals surface area (Å²) in [4.78, 5) is 0. The van der Waals surface area contributed by atoms with E-state index in [0.717, 1.165) is 11.1 Å². The van der Waals surface area contributed by atoms with E-state index in [-0.39, 0.29) is 17.4 Å². The van der Waals surface area contributed by atoms with Crippen molar-refractivity contribution < 1.29 is 35.0 Å². The van der Waals surface area contributed by atoms with Gasteiger partial charge in [-0.3, -0.25) is 0 Å². The average Bonchev–Trinajstić information content (AvgIpc) is 2.49. The van der Waals surface area contributed by atoms with Crippen LogP contribution in [-0.4, -0.2) is 62.8 Å². The molecule has 1 heterocycles. The Hall–Kier alpha value is -1.38. The lowest BCUT2D eigenvalue weighted by atomic mass is 9.97. The maximum absolute atomic E-state index is 10.0. The molecule has 1 aliphatic heterocycles. The number of aliphatic hydroxyl groups is 4. The van der Waals surface area contributed by atoms with Gasteiger partial charge in [-0.25, -0.2) is 0 Å². The van der Waals surface area contributed by atoms with Crippen LogP contribution in [0.4, 0.5) is 0 Å². The van der Waals surface area contributed by atoms with Gasteiger partial charge in [0.1, 0.15) is 24.4 Å². The Morgan fingerprint density at radius 2 is 1.78 bits per heavy atom. The highest BCUT2D eigenvalue weighted by atomic mass is 16.7. The maximum atomic E-state index is 10.0. The number of ether oxygens (including phenoxy) is 2. The highest BCUT2D eigenvalue weighted by molar-refractivity contribution is 5.47. The molecule has 1 aromatic rings. The SMILES string of the molecule is Cc1cc(O)c(O[C@@H]2O[C@H](CO)[C@@H](O)[C@H](O)[C@H]2O)cc1C(C)C. The van der Waals surface area contributed by atoms with E-state index in [9.17, 15) is 25.5 Å². The van der Waals surface area contributed by atoms with Gasteiger partial charge in [-0.1, -0.05) is 13.8 Å². The molecule has 1 saturated heterocycles. The molecule has 0 aliphatic carbocycles. The summed E-state index contributed by atoms with van der Waals surface area (Å²) >= 11 is 0. The molecule has 7 heteroatoms. The smallest absolute Gasteiger partial charge is 0.229 e. The largest absolute Gasteiger partial charge is 0.504 e. The molecule has 23 heavy (non-hydrogen) atoms. The molecule has 5 atom stereocenters. The molecule has 1 aliphatic rings. The summed E-state index contributed by atoms with van der Waals surface area (Å²) in [5, 5.41) is 48.7. The number of phenols is 1. The number of aliphatic hydroxyl groups excluding tert-OH is 4. The third-order valence-corrected chi connectivity index (χ3v) is 4.06. The van der Waals surface area contributed by atoms with Gasteiger partial charge >= 0.3 is 0 Å². The van der Waals surface area contributed by atoms with Crippen LogP contribution in [0.25, 0.3) is 0 Å². The van der Waals surface area contributed by atoms with Gasteiger partial charge in [-0.15, -0.1) is 0 Å². The Labute approximate surface area is 134 Å². The predicted octanol–water partition coefficient (Wildman–Crippen LogP) is 0.00272. The maximum Gasteiger partial charge on any atom is 0.229 e. The number of aromatic hydroxyl groups is 1. The van der Waals surface area contributed by atoms with Crippen molar-refractivity contribution in [2.75, 3.05) is 6.61 Å². The number of benzene rings is 1. The quantitative estimate of drug-likeness (QED) is 0.528. The fraction of sp³-hybridized carbons (Fsp3) is 0.625. The molecule has 0 spiro atoms. The number of phenolic OH excluding ortho intramolecular Hbond substituents is 1. The van der Waals surface area contributed by atoms with Crippen LogP contribution in [0.5, 0.6) is 11.5 Å². The molecule has 0 unspecified atom stereocenters. The third kappa shape index (κ3) is 3.59. The normalized spacial score (nSPS) is 31.4. The number of rotatable bonds is 4. The van der Waals surface area contributed by atoms with Crippen molar-refractivity contribution in [3.63, 3.8) is 0 Å². The van der Waals surface area contributed by atoms with E-state index in [0.29, 0.717) is 0 Å². The number of hydrogen-bond acceptors (Lipinski definition) is 7. The van der Waals surface area contributed by atoms with Gasteiger partial charge in [0.05, 0.1) is 6.61 Å². The van der Waals surface area contributed by atoms with Gasteiger partial charge in [0, 0.05) is 0 Å². The molecular formula is C16H24O7. The molecule has 0 radical (unpaired) electrons. The number of aryl methyl sites for hydroxylation is 1. The second kappa shape index (κ2) is 7.02. The summed E-state index contributed by atoms with van der Waals surface area (Å²) in [5.74, 6) is 0.181. The van der Waals surface area contributed by atoms with Crippen LogP contribution in [0, 0.1) is 6.92 Å². The minimum atomic E-state index is -1.52. The Morgan fingerprint density at radius 3 is 2.35 bits per heavy atom. The topological polar surface area (TPSA) is 120 Å². The lowest BCUT2D eigenvalue weighted by Gasteiger charge is -2.39. The standard InChI is InChI=1S/C16H24O7/c1-7(2)9-5-11(10(18)4-8(9)3)22-16-15(21)14(20)13(19)12(6-17)23-16/h4-5,7,12-21H,6H2,1-3H3/t12-,13-,14+,15-,16-/m1/s1. The van der Waals surface area contributed by atoms with Crippen LogP contribution in [0.15, 0.2) is 12.1 Å². The van der Waals surface area contributed by atoms with Crippen molar-refractivity contribution in [1.82, 2.24) is 0 Å². The zero-order chi connectivity index (χ0) is 17.3. The molecule has 5 N–H and O–H groups in total. The Bertz CT molecular complexity index is 543. The minimum absolute atomic E-state index is 0.101. The van der Waals surface area contributed by atoms with Crippen LogP contribution < -0.4 is 4.74 Å². The lowest BCUT2D eigenvalue weighted by molar-refractivity contribution is -0.277. The molecule has 0 bridgehead atoms. The van der Waals surface area contributed by atoms with Crippen LogP contribution in [0.1, 0.15) is 30.9 Å². The highest BCUT2D eigenvalue weighted by Gasteiger charge is 2.44. The van der Waals surface area contributed by atoms with Crippen molar-refractivity contribution in [3.8, 4) is 11.5 Å². The van der Waals surface area contributed by atoms with Crippen molar-refractivity contribution >= 4 is 0 Å². The minimum Gasteiger partial charge on any atom is -0.504 e. The number of hydrogen-bond donors (Lipinski definition) is 5. The fourth-order valence-electron chi connectivity index (χ4n) is 2.69. The molecule has 130 valence electrons. The molecular weight excluding hydrogens is 304 g/mol. The van der Waals surface area contributed by atoms with E-state index >= 15 is 0 Å². The zero-order valence-electron chi connectivity index (χ0n) is 13.4. The molecule has 1 aromatic carbocycles. The Kier molecular flexibility index (Phi) is 5.49. The summed E-state index contributed by atoms with van der Waals surface area (Å²) in [7, 11) is 0. The second-order valence-corrected chi connectivity index (χ2v) is 6.15. The first-order valence-electron chi connectivity index (χ1n) is 7.57. The van der Waals surface area contributed by atoms with Crippen LogP contribution in [-0.2, 0) is 4.74 Å². The van der Waals surface area contributed by atoms with E-state index in [1.165, 1.54) is 0 Å². The summed E-state index contributed by atoms with van der Waals surface area (Å²) in [5.41, 5.74) is 1.86. The van der Waals surface area contributed by atoms with Crippen molar-refractivity contribution in [2.45, 2.75) is 57.4 Å². The van der Waals surface area contributed by atoms with Crippen molar-refractivity contribution in [1.29, 1.82) is 0 Å². The van der Waals surface area contributed by atoms with E-state index < -0.39 is 37.3 Å². The first-order valence-corrected chi connectivity index (χ1v) is 7.57. The van der Waals surface area contributed by atoms with E-state index in [1.807, 2.05) is 20.8 Å². The van der Waals surface area contributed by atoms with E-state index in [4.69, 9.17) is 9.47 Å². The van der Waals surface area contributed by atoms with Crippen LogP contribution in [0.3, 0.4) is 0 Å². The van der Waals surface area contributed by atoms with Gasteiger partial charge in [0.15, 0.2) is 11.5 Å². The van der Waals surface area contributed by atoms with Gasteiger partial charge in [-0.2, -0.15) is 0 Å². The van der Waals surface area contributed by atoms with E-state index in [1.54, 1.807) is 12.1 Å². The van der Waals surface area contributed by atoms with Crippen molar-refractivity contribution in [2.24, 2.45) is 0 Å². The lowest BCUT2D eigenvalue weighted by Crippen LogP contribution is -2.60. The second-order valence-electron chi connectivity index (χ2n) is 6.15. The van der Waals surface area contributed by atoms with Crippen LogP contribution >= 0.6 is 0 Å². The summed E-state index contributed by atoms with van der Waals surface area (Å²) in [6.45, 7) is 5.32. The van der Waals surface area contributed by atoms with Gasteiger partial charge in [0.2, 0.25) is 6.29 Å². The third-order valence-electron chi connectivity index (χ3n) is 4.06. The molecule has 2 rings (SSSR count). The first kappa shape index (κ1) is 18.0.